The van der Waals surface area contributed by atoms with Crippen molar-refractivity contribution < 1.29 is 19.2 Å². The molecule has 1 aromatic rings. The van der Waals surface area contributed by atoms with E-state index in [9.17, 15) is 9.59 Å². The Morgan fingerprint density at radius 3 is 2.57 bits per heavy atom. The molecule has 5 nitrogen and oxygen atoms in total. The van der Waals surface area contributed by atoms with Gasteiger partial charge in [0.05, 0.1) is 25.6 Å². The first-order valence-electron chi connectivity index (χ1n) is 8.40. The van der Waals surface area contributed by atoms with E-state index in [-0.39, 0.29) is 23.8 Å². The summed E-state index contributed by atoms with van der Waals surface area (Å²) in [6.07, 6.45) is 1.58. The van der Waals surface area contributed by atoms with Gasteiger partial charge in [0, 0.05) is 18.5 Å². The molecule has 23 heavy (non-hydrogen) atoms. The van der Waals surface area contributed by atoms with E-state index in [1.165, 1.54) is 4.90 Å². The molecule has 1 saturated heterocycles. The number of carbonyl (C=O) groups excluding carboxylic acids is 2. The Morgan fingerprint density at radius 2 is 1.96 bits per heavy atom. The number of ether oxygens (including phenoxy) is 1. The summed E-state index contributed by atoms with van der Waals surface area (Å²) in [5, 5.41) is 3.01. The summed E-state index contributed by atoms with van der Waals surface area (Å²) in [5.74, 6) is -0.0715. The van der Waals surface area contributed by atoms with Gasteiger partial charge in [-0.25, -0.2) is 0 Å². The van der Waals surface area contributed by atoms with Gasteiger partial charge in [-0.3, -0.25) is 9.59 Å². The molecule has 0 spiro atoms. The van der Waals surface area contributed by atoms with Crippen LogP contribution in [0.3, 0.4) is 0 Å². The molecule has 126 valence electrons. The molecule has 1 atom stereocenters. The second-order valence-electron chi connectivity index (χ2n) is 6.21. The van der Waals surface area contributed by atoms with Crippen molar-refractivity contribution in [3.05, 3.63) is 29.8 Å². The molecule has 2 N–H and O–H groups in total. The van der Waals surface area contributed by atoms with Crippen LogP contribution in [0, 0.1) is 12.8 Å². The Morgan fingerprint density at radius 1 is 1.30 bits per heavy atom. The van der Waals surface area contributed by atoms with E-state index in [1.807, 2.05) is 45.0 Å². The lowest BCUT2D eigenvalue weighted by atomic mass is 9.96. The number of aryl methyl sites for hydroxylation is 1. The van der Waals surface area contributed by atoms with Crippen LogP contribution >= 0.6 is 0 Å². The quantitative estimate of drug-likeness (QED) is 0.801. The summed E-state index contributed by atoms with van der Waals surface area (Å²) in [6.45, 7) is 7.85. The maximum absolute atomic E-state index is 12.5. The van der Waals surface area contributed by atoms with E-state index in [2.05, 4.69) is 5.32 Å². The predicted octanol–water partition coefficient (Wildman–Crippen LogP) is 1.18. The number of piperidine rings is 1. The fraction of sp³-hybridized carbons (Fsp3) is 0.556. The second kappa shape index (κ2) is 8.11. The van der Waals surface area contributed by atoms with Gasteiger partial charge >= 0.3 is 5.97 Å². The lowest BCUT2D eigenvalue weighted by Gasteiger charge is -2.31. The van der Waals surface area contributed by atoms with Crippen LogP contribution in [0.4, 0.5) is 5.69 Å². The third-order valence-electron chi connectivity index (χ3n) is 4.66. The third-order valence-corrected chi connectivity index (χ3v) is 4.66. The van der Waals surface area contributed by atoms with Crippen molar-refractivity contribution in [2.45, 2.75) is 39.7 Å². The van der Waals surface area contributed by atoms with E-state index >= 15 is 0 Å². The van der Waals surface area contributed by atoms with E-state index < -0.39 is 0 Å². The maximum atomic E-state index is 12.5. The van der Waals surface area contributed by atoms with Gasteiger partial charge in [-0.2, -0.15) is 0 Å². The van der Waals surface area contributed by atoms with Crippen LogP contribution in [-0.4, -0.2) is 37.6 Å². The maximum Gasteiger partial charge on any atom is 0.309 e. The first kappa shape index (κ1) is 17.5. The van der Waals surface area contributed by atoms with Gasteiger partial charge in [0.25, 0.3) is 5.91 Å². The van der Waals surface area contributed by atoms with Crippen molar-refractivity contribution in [2.75, 3.05) is 25.0 Å². The molecule has 1 aromatic carbocycles. The molecule has 1 fully saturated rings. The number of likely N-dealkylation sites (tertiary alicyclic amines) is 1. The van der Waals surface area contributed by atoms with Crippen LogP contribution in [0.2, 0.25) is 0 Å². The zero-order valence-corrected chi connectivity index (χ0v) is 14.2. The molecule has 0 radical (unpaired) electrons. The SMILES string of the molecule is CCOC(=O)C1CC[NH+]([C@H](C)C(=O)Nc2ccccc2C)CC1. The van der Waals surface area contributed by atoms with Gasteiger partial charge in [-0.1, -0.05) is 18.2 Å². The Balaban J connectivity index is 1.87. The molecule has 0 bridgehead atoms. The first-order valence-corrected chi connectivity index (χ1v) is 8.40. The highest BCUT2D eigenvalue weighted by molar-refractivity contribution is 5.94. The Bertz CT molecular complexity index is 551. The topological polar surface area (TPSA) is 59.8 Å². The summed E-state index contributed by atoms with van der Waals surface area (Å²) < 4.78 is 5.09. The van der Waals surface area contributed by atoms with E-state index in [0.29, 0.717) is 6.61 Å². The lowest BCUT2D eigenvalue weighted by molar-refractivity contribution is -0.919. The fourth-order valence-corrected chi connectivity index (χ4v) is 3.06. The number of carbonyl (C=O) groups is 2. The molecule has 0 aliphatic carbocycles. The monoisotopic (exact) mass is 319 g/mol. The van der Waals surface area contributed by atoms with Crippen molar-refractivity contribution in [3.8, 4) is 0 Å². The van der Waals surface area contributed by atoms with Crippen molar-refractivity contribution in [2.24, 2.45) is 5.92 Å². The van der Waals surface area contributed by atoms with Gasteiger partial charge in [-0.15, -0.1) is 0 Å². The minimum atomic E-state index is -0.127. The highest BCUT2D eigenvalue weighted by Crippen LogP contribution is 2.14. The normalized spacial score (nSPS) is 22.2. The number of amides is 1. The molecule has 1 aliphatic rings. The number of nitrogens with one attached hydrogen (secondary N) is 2. The molecule has 0 unspecified atom stereocenters. The van der Waals surface area contributed by atoms with Gasteiger partial charge in [0.1, 0.15) is 0 Å². The number of rotatable bonds is 5. The van der Waals surface area contributed by atoms with Crippen molar-refractivity contribution >= 4 is 17.6 Å². The van der Waals surface area contributed by atoms with Gasteiger partial charge in [0.15, 0.2) is 6.04 Å². The van der Waals surface area contributed by atoms with E-state index in [4.69, 9.17) is 4.74 Å². The fourth-order valence-electron chi connectivity index (χ4n) is 3.06. The average Bonchev–Trinajstić information content (AvgIpc) is 2.56. The summed E-state index contributed by atoms with van der Waals surface area (Å²) in [7, 11) is 0. The number of hydrogen-bond donors (Lipinski definition) is 2. The van der Waals surface area contributed by atoms with Crippen LogP contribution in [0.5, 0.6) is 0 Å². The zero-order chi connectivity index (χ0) is 16.8. The molecule has 2 rings (SSSR count). The summed E-state index contributed by atoms with van der Waals surface area (Å²) in [4.78, 5) is 25.5. The standard InChI is InChI=1S/C18H26N2O3/c1-4-23-18(22)15-9-11-20(12-10-15)14(3)17(21)19-16-8-6-5-7-13(16)2/h5-8,14-15H,4,9-12H2,1-3H3,(H,19,21)/p+1/t14-/m1/s1. The average molecular weight is 319 g/mol. The van der Waals surface area contributed by atoms with Gasteiger partial charge in [-0.05, 0) is 32.4 Å². The number of benzene rings is 1. The zero-order valence-electron chi connectivity index (χ0n) is 14.2. The summed E-state index contributed by atoms with van der Waals surface area (Å²) >= 11 is 0. The van der Waals surface area contributed by atoms with Crippen LogP contribution in [0.15, 0.2) is 24.3 Å². The molecule has 1 amide bonds. The Hall–Kier alpha value is -1.88. The van der Waals surface area contributed by atoms with E-state index in [1.54, 1.807) is 0 Å². The molecule has 1 heterocycles. The van der Waals surface area contributed by atoms with Crippen LogP contribution < -0.4 is 10.2 Å². The number of quaternary nitrogens is 1. The third kappa shape index (κ3) is 4.55. The van der Waals surface area contributed by atoms with Gasteiger partial charge < -0.3 is 15.0 Å². The molecule has 5 heteroatoms. The number of anilines is 1. The number of hydrogen-bond acceptors (Lipinski definition) is 3. The molecule has 1 aliphatic heterocycles. The largest absolute Gasteiger partial charge is 0.466 e. The summed E-state index contributed by atoms with van der Waals surface area (Å²) in [6, 6.07) is 7.66. The molecular weight excluding hydrogens is 292 g/mol. The molecule has 0 aromatic heterocycles. The van der Waals surface area contributed by atoms with E-state index in [0.717, 1.165) is 37.2 Å². The van der Waals surface area contributed by atoms with Crippen LogP contribution in [0.1, 0.15) is 32.3 Å². The predicted molar refractivity (Wildman–Crippen MR) is 89.3 cm³/mol. The Labute approximate surface area is 138 Å². The van der Waals surface area contributed by atoms with Crippen molar-refractivity contribution in [1.29, 1.82) is 0 Å². The van der Waals surface area contributed by atoms with Crippen molar-refractivity contribution in [3.63, 3.8) is 0 Å². The molecule has 0 saturated carbocycles. The van der Waals surface area contributed by atoms with Crippen LogP contribution in [-0.2, 0) is 14.3 Å². The minimum absolute atomic E-state index is 0.00895. The van der Waals surface area contributed by atoms with Crippen molar-refractivity contribution in [1.82, 2.24) is 0 Å². The van der Waals surface area contributed by atoms with Gasteiger partial charge in [0.2, 0.25) is 0 Å². The number of para-hydroxylation sites is 1. The number of esters is 1. The highest BCUT2D eigenvalue weighted by atomic mass is 16.5. The highest BCUT2D eigenvalue weighted by Gasteiger charge is 2.33. The lowest BCUT2D eigenvalue weighted by Crippen LogP contribution is -3.17. The smallest absolute Gasteiger partial charge is 0.309 e. The first-order chi connectivity index (χ1) is 11.0. The molecular formula is C18H27N2O3+. The Kier molecular flexibility index (Phi) is 6.16. The van der Waals surface area contributed by atoms with Crippen LogP contribution in [0.25, 0.3) is 0 Å². The second-order valence-corrected chi connectivity index (χ2v) is 6.21. The minimum Gasteiger partial charge on any atom is -0.466 e. The summed E-state index contributed by atoms with van der Waals surface area (Å²) in [5.41, 5.74) is 1.93.